The number of fused-ring (bicyclic) bond motifs is 1. The van der Waals surface area contributed by atoms with Crippen LogP contribution in [0.4, 0.5) is 11.4 Å². The predicted octanol–water partition coefficient (Wildman–Crippen LogP) is 3.25. The Labute approximate surface area is 194 Å². The molecule has 32 heavy (non-hydrogen) atoms. The van der Waals surface area contributed by atoms with Crippen LogP contribution in [0.3, 0.4) is 0 Å². The molecule has 1 atom stereocenters. The number of benzene rings is 2. The molecule has 2 amide bonds. The van der Waals surface area contributed by atoms with Gasteiger partial charge in [-0.3, -0.25) is 9.59 Å². The number of anilines is 2. The van der Waals surface area contributed by atoms with Gasteiger partial charge in [0.2, 0.25) is 21.8 Å². The Balaban J connectivity index is 1.80. The number of carbonyl (C=O) groups is 2. The van der Waals surface area contributed by atoms with Crippen LogP contribution in [0.2, 0.25) is 0 Å². The average molecular weight is 476 g/mol. The van der Waals surface area contributed by atoms with E-state index in [-0.39, 0.29) is 10.8 Å². The highest BCUT2D eigenvalue weighted by atomic mass is 32.2. The summed E-state index contributed by atoms with van der Waals surface area (Å²) >= 11 is 1.55. The third-order valence-corrected chi connectivity index (χ3v) is 7.74. The predicted molar refractivity (Wildman–Crippen MR) is 130 cm³/mol. The van der Waals surface area contributed by atoms with E-state index in [0.29, 0.717) is 36.4 Å². The van der Waals surface area contributed by atoms with E-state index in [9.17, 15) is 18.0 Å². The molecule has 9 heteroatoms. The van der Waals surface area contributed by atoms with Gasteiger partial charge in [-0.15, -0.1) is 0 Å². The van der Waals surface area contributed by atoms with Gasteiger partial charge >= 0.3 is 0 Å². The van der Waals surface area contributed by atoms with Crippen LogP contribution in [-0.4, -0.2) is 44.8 Å². The summed E-state index contributed by atoms with van der Waals surface area (Å²) in [7, 11) is -3.87. The van der Waals surface area contributed by atoms with E-state index in [2.05, 4.69) is 10.0 Å². The maximum absolute atomic E-state index is 13.1. The number of rotatable bonds is 8. The number of hydrogen-bond donors (Lipinski definition) is 2. The van der Waals surface area contributed by atoms with Crippen molar-refractivity contribution in [3.05, 3.63) is 53.1 Å². The van der Waals surface area contributed by atoms with E-state index >= 15 is 0 Å². The first-order chi connectivity index (χ1) is 15.1. The number of amides is 2. The van der Waals surface area contributed by atoms with Crippen LogP contribution in [0.5, 0.6) is 0 Å². The molecule has 1 aliphatic heterocycles. The lowest BCUT2D eigenvalue weighted by molar-refractivity contribution is -0.118. The molecule has 1 heterocycles. The molecule has 0 radical (unpaired) electrons. The molecule has 0 fully saturated rings. The highest BCUT2D eigenvalue weighted by Gasteiger charge is 2.28. The minimum atomic E-state index is -3.87. The van der Waals surface area contributed by atoms with Gasteiger partial charge in [0.15, 0.2) is 0 Å². The van der Waals surface area contributed by atoms with Crippen LogP contribution in [0, 0.1) is 13.8 Å². The molecule has 0 spiro atoms. The Hall–Kier alpha value is -2.36. The zero-order chi connectivity index (χ0) is 23.5. The lowest BCUT2D eigenvalue weighted by atomic mass is 10.1. The van der Waals surface area contributed by atoms with Crippen molar-refractivity contribution in [2.75, 3.05) is 28.8 Å². The highest BCUT2D eigenvalue weighted by Crippen LogP contribution is 2.30. The smallest absolute Gasteiger partial charge is 0.242 e. The average Bonchev–Trinajstić information content (AvgIpc) is 3.16. The van der Waals surface area contributed by atoms with Crippen LogP contribution < -0.4 is 14.9 Å². The number of hydrogen-bond acceptors (Lipinski definition) is 5. The monoisotopic (exact) mass is 475 g/mol. The van der Waals surface area contributed by atoms with Gasteiger partial charge in [-0.25, -0.2) is 8.42 Å². The first-order valence-electron chi connectivity index (χ1n) is 10.4. The Morgan fingerprint density at radius 3 is 2.59 bits per heavy atom. The zero-order valence-electron chi connectivity index (χ0n) is 18.8. The summed E-state index contributed by atoms with van der Waals surface area (Å²) < 4.78 is 28.7. The summed E-state index contributed by atoms with van der Waals surface area (Å²) in [6.45, 7) is 5.72. The summed E-state index contributed by atoms with van der Waals surface area (Å²) in [5, 5.41) is 2.85. The normalized spacial score (nSPS) is 14.2. The van der Waals surface area contributed by atoms with Gasteiger partial charge in [0.25, 0.3) is 0 Å². The first-order valence-corrected chi connectivity index (χ1v) is 13.3. The maximum atomic E-state index is 13.1. The van der Waals surface area contributed by atoms with Crippen molar-refractivity contribution in [2.45, 2.75) is 44.6 Å². The number of sulfonamides is 1. The summed E-state index contributed by atoms with van der Waals surface area (Å²) in [4.78, 5) is 26.7. The van der Waals surface area contributed by atoms with Gasteiger partial charge in [0, 0.05) is 24.8 Å². The molecule has 0 saturated carbocycles. The largest absolute Gasteiger partial charge is 0.325 e. The van der Waals surface area contributed by atoms with Crippen LogP contribution in [0.1, 0.15) is 30.0 Å². The fourth-order valence-electron chi connectivity index (χ4n) is 3.76. The molecule has 2 aromatic rings. The van der Waals surface area contributed by atoms with Gasteiger partial charge in [0.05, 0.1) is 4.90 Å². The Bertz CT molecular complexity index is 1130. The maximum Gasteiger partial charge on any atom is 0.242 e. The van der Waals surface area contributed by atoms with Crippen molar-refractivity contribution in [3.8, 4) is 0 Å². The molecule has 7 nitrogen and oxygen atoms in total. The van der Waals surface area contributed by atoms with Crippen molar-refractivity contribution in [1.29, 1.82) is 0 Å². The second-order valence-corrected chi connectivity index (χ2v) is 10.6. The van der Waals surface area contributed by atoms with Crippen molar-refractivity contribution in [3.63, 3.8) is 0 Å². The molecular weight excluding hydrogens is 446 g/mol. The Kier molecular flexibility index (Phi) is 7.63. The number of thioether (sulfide) groups is 1. The third-order valence-electron chi connectivity index (χ3n) is 5.48. The minimum absolute atomic E-state index is 0.0153. The van der Waals surface area contributed by atoms with E-state index in [1.54, 1.807) is 41.8 Å². The van der Waals surface area contributed by atoms with Gasteiger partial charge in [-0.05, 0) is 79.7 Å². The van der Waals surface area contributed by atoms with Crippen LogP contribution in [0.15, 0.2) is 41.3 Å². The highest BCUT2D eigenvalue weighted by molar-refractivity contribution is 7.98. The molecular formula is C23H29N3O4S2. The Morgan fingerprint density at radius 1 is 1.16 bits per heavy atom. The van der Waals surface area contributed by atoms with Gasteiger partial charge in [-0.2, -0.15) is 16.5 Å². The number of aryl methyl sites for hydroxylation is 2. The van der Waals surface area contributed by atoms with Crippen LogP contribution in [-0.2, 0) is 26.0 Å². The van der Waals surface area contributed by atoms with Crippen molar-refractivity contribution < 1.29 is 18.0 Å². The molecule has 0 saturated heterocycles. The van der Waals surface area contributed by atoms with E-state index in [1.165, 1.54) is 6.92 Å². The molecule has 1 unspecified atom stereocenters. The fraction of sp³-hybridized carbons (Fsp3) is 0.391. The van der Waals surface area contributed by atoms with Crippen LogP contribution >= 0.6 is 11.8 Å². The summed E-state index contributed by atoms with van der Waals surface area (Å²) in [5.74, 6) is 0.207. The lowest BCUT2D eigenvalue weighted by Crippen LogP contribution is -2.44. The van der Waals surface area contributed by atoms with Crippen molar-refractivity contribution in [2.24, 2.45) is 0 Å². The molecule has 2 N–H and O–H groups in total. The van der Waals surface area contributed by atoms with Gasteiger partial charge in [-0.1, -0.05) is 12.1 Å². The van der Waals surface area contributed by atoms with E-state index < -0.39 is 22.0 Å². The summed E-state index contributed by atoms with van der Waals surface area (Å²) in [5.41, 5.74) is 3.87. The number of nitrogens with one attached hydrogen (secondary N) is 2. The topological polar surface area (TPSA) is 95.6 Å². The molecule has 0 aromatic heterocycles. The van der Waals surface area contributed by atoms with E-state index in [4.69, 9.17) is 0 Å². The molecule has 2 aromatic carbocycles. The second kappa shape index (κ2) is 10.1. The van der Waals surface area contributed by atoms with E-state index in [1.807, 2.05) is 31.4 Å². The second-order valence-electron chi connectivity index (χ2n) is 7.98. The summed E-state index contributed by atoms with van der Waals surface area (Å²) in [6, 6.07) is 9.72. The quantitative estimate of drug-likeness (QED) is 0.611. The molecule has 0 bridgehead atoms. The molecule has 1 aliphatic rings. The standard InChI is InChI=1S/C23H29N3O4S2/c1-15-5-6-16(2)22(13-15)32(29,30)25-20(10-12-31-4)23(28)24-19-7-8-21-18(14-19)9-11-26(21)17(3)27/h5-8,13-14,20,25H,9-12H2,1-4H3,(H,24,28). The van der Waals surface area contributed by atoms with Crippen molar-refractivity contribution in [1.82, 2.24) is 4.72 Å². The van der Waals surface area contributed by atoms with Crippen LogP contribution in [0.25, 0.3) is 0 Å². The number of nitrogens with zero attached hydrogens (tertiary/aromatic N) is 1. The first kappa shape index (κ1) is 24.3. The van der Waals surface area contributed by atoms with Crippen molar-refractivity contribution >= 4 is 45.0 Å². The van der Waals surface area contributed by atoms with E-state index in [0.717, 1.165) is 16.8 Å². The molecule has 3 rings (SSSR count). The lowest BCUT2D eigenvalue weighted by Gasteiger charge is -2.20. The zero-order valence-corrected chi connectivity index (χ0v) is 20.4. The fourth-order valence-corrected chi connectivity index (χ4v) is 5.79. The summed E-state index contributed by atoms with van der Waals surface area (Å²) in [6.07, 6.45) is 2.99. The van der Waals surface area contributed by atoms with Gasteiger partial charge in [0.1, 0.15) is 6.04 Å². The third kappa shape index (κ3) is 5.51. The molecule has 0 aliphatic carbocycles. The minimum Gasteiger partial charge on any atom is -0.325 e. The number of carbonyl (C=O) groups excluding carboxylic acids is 2. The molecule has 172 valence electrons. The Morgan fingerprint density at radius 2 is 1.91 bits per heavy atom. The SMILES string of the molecule is CSCCC(NS(=O)(=O)c1cc(C)ccc1C)C(=O)Nc1ccc2c(c1)CCN2C(C)=O. The van der Waals surface area contributed by atoms with Gasteiger partial charge < -0.3 is 10.2 Å².